The zero-order valence-corrected chi connectivity index (χ0v) is 8.83. The number of benzene rings is 1. The lowest BCUT2D eigenvalue weighted by Crippen LogP contribution is -2.10. The minimum absolute atomic E-state index is 0.269. The Labute approximate surface area is 87.9 Å². The van der Waals surface area contributed by atoms with Gasteiger partial charge in [0, 0.05) is 10.9 Å². The van der Waals surface area contributed by atoms with E-state index in [1.165, 1.54) is 5.56 Å². The van der Waals surface area contributed by atoms with E-state index in [0.717, 1.165) is 23.0 Å². The van der Waals surface area contributed by atoms with Gasteiger partial charge in [0.1, 0.15) is 5.58 Å². The maximum atomic E-state index is 11.1. The van der Waals surface area contributed by atoms with Crippen LogP contribution in [0.4, 0.5) is 0 Å². The molecule has 2 N–H and O–H groups in total. The Kier molecular flexibility index (Phi) is 2.23. The van der Waals surface area contributed by atoms with Gasteiger partial charge in [-0.3, -0.25) is 4.79 Å². The molecule has 0 unspecified atom stereocenters. The van der Waals surface area contributed by atoms with Gasteiger partial charge in [0.2, 0.25) is 0 Å². The van der Waals surface area contributed by atoms with Crippen molar-refractivity contribution < 1.29 is 9.21 Å². The highest BCUT2D eigenvalue weighted by atomic mass is 16.3. The first kappa shape index (κ1) is 9.77. The van der Waals surface area contributed by atoms with E-state index >= 15 is 0 Å². The number of carbonyl (C=O) groups excluding carboxylic acids is 1. The Bertz CT molecular complexity index is 526. The van der Waals surface area contributed by atoms with Crippen LogP contribution in [0.3, 0.4) is 0 Å². The van der Waals surface area contributed by atoms with Crippen molar-refractivity contribution >= 4 is 16.9 Å². The summed E-state index contributed by atoms with van der Waals surface area (Å²) >= 11 is 0. The summed E-state index contributed by atoms with van der Waals surface area (Å²) in [4.78, 5) is 11.1. The third-order valence-electron chi connectivity index (χ3n) is 2.64. The number of rotatable bonds is 2. The maximum absolute atomic E-state index is 11.1. The molecule has 0 aliphatic rings. The molecular weight excluding hydrogens is 190 g/mol. The van der Waals surface area contributed by atoms with E-state index in [0.29, 0.717) is 0 Å². The fourth-order valence-electron chi connectivity index (χ4n) is 1.92. The van der Waals surface area contributed by atoms with Crippen molar-refractivity contribution in [3.63, 3.8) is 0 Å². The second-order valence-electron chi connectivity index (χ2n) is 3.56. The molecule has 2 aromatic rings. The highest BCUT2D eigenvalue weighted by Crippen LogP contribution is 2.28. The lowest BCUT2D eigenvalue weighted by Gasteiger charge is -1.98. The zero-order valence-electron chi connectivity index (χ0n) is 8.83. The van der Waals surface area contributed by atoms with Gasteiger partial charge in [-0.05, 0) is 25.0 Å². The number of aryl methyl sites for hydroxylation is 2. The molecule has 0 radical (unpaired) electrons. The molecule has 2 rings (SSSR count). The molecule has 0 aliphatic heterocycles. The lowest BCUT2D eigenvalue weighted by atomic mass is 10.0. The molecule has 0 bridgehead atoms. The minimum atomic E-state index is -0.509. The van der Waals surface area contributed by atoms with E-state index in [1.807, 2.05) is 25.1 Å². The van der Waals surface area contributed by atoms with Gasteiger partial charge in [-0.25, -0.2) is 0 Å². The van der Waals surface area contributed by atoms with Crippen LogP contribution in [0.1, 0.15) is 28.6 Å². The summed E-state index contributed by atoms with van der Waals surface area (Å²) in [6.07, 6.45) is 0.913. The van der Waals surface area contributed by atoms with Gasteiger partial charge in [0.05, 0.1) is 0 Å². The fourth-order valence-corrected chi connectivity index (χ4v) is 1.92. The number of hydrogen-bond acceptors (Lipinski definition) is 2. The molecule has 0 aliphatic carbocycles. The number of amides is 1. The molecule has 1 heterocycles. The van der Waals surface area contributed by atoms with Gasteiger partial charge >= 0.3 is 0 Å². The average Bonchev–Trinajstić information content (AvgIpc) is 2.56. The smallest absolute Gasteiger partial charge is 0.284 e. The molecule has 0 saturated carbocycles. The molecule has 1 aromatic carbocycles. The van der Waals surface area contributed by atoms with Gasteiger partial charge < -0.3 is 10.2 Å². The second kappa shape index (κ2) is 3.42. The molecule has 1 aromatic heterocycles. The van der Waals surface area contributed by atoms with Gasteiger partial charge in [-0.1, -0.05) is 19.1 Å². The summed E-state index contributed by atoms with van der Waals surface area (Å²) in [6, 6.07) is 5.82. The van der Waals surface area contributed by atoms with Crippen molar-refractivity contribution in [1.29, 1.82) is 0 Å². The highest BCUT2D eigenvalue weighted by Gasteiger charge is 2.16. The average molecular weight is 203 g/mol. The second-order valence-corrected chi connectivity index (χ2v) is 3.56. The SMILES string of the molecule is CCc1cccc2oc(C(N)=O)c(C)c12. The Morgan fingerprint density at radius 3 is 2.80 bits per heavy atom. The van der Waals surface area contributed by atoms with Crippen LogP contribution in [0.25, 0.3) is 11.0 Å². The first-order chi connectivity index (χ1) is 7.15. The third kappa shape index (κ3) is 1.40. The van der Waals surface area contributed by atoms with E-state index in [4.69, 9.17) is 10.2 Å². The van der Waals surface area contributed by atoms with Crippen molar-refractivity contribution in [3.05, 3.63) is 35.1 Å². The van der Waals surface area contributed by atoms with E-state index in [9.17, 15) is 4.79 Å². The summed E-state index contributed by atoms with van der Waals surface area (Å²) in [5, 5.41) is 1.02. The van der Waals surface area contributed by atoms with Crippen LogP contribution in [0.5, 0.6) is 0 Å². The largest absolute Gasteiger partial charge is 0.451 e. The van der Waals surface area contributed by atoms with Crippen LogP contribution in [0, 0.1) is 6.92 Å². The normalized spacial score (nSPS) is 10.8. The Morgan fingerprint density at radius 2 is 2.20 bits per heavy atom. The van der Waals surface area contributed by atoms with E-state index < -0.39 is 5.91 Å². The number of furan rings is 1. The maximum Gasteiger partial charge on any atom is 0.284 e. The predicted molar refractivity (Wildman–Crippen MR) is 58.8 cm³/mol. The van der Waals surface area contributed by atoms with Crippen molar-refractivity contribution in [2.75, 3.05) is 0 Å². The Balaban J connectivity index is 2.82. The Morgan fingerprint density at radius 1 is 1.47 bits per heavy atom. The Hall–Kier alpha value is -1.77. The van der Waals surface area contributed by atoms with E-state index in [-0.39, 0.29) is 5.76 Å². The number of hydrogen-bond donors (Lipinski definition) is 1. The third-order valence-corrected chi connectivity index (χ3v) is 2.64. The molecule has 0 saturated heterocycles. The van der Waals surface area contributed by atoms with Gasteiger partial charge in [0.25, 0.3) is 5.91 Å². The topological polar surface area (TPSA) is 56.2 Å². The van der Waals surface area contributed by atoms with Crippen LogP contribution in [0.15, 0.2) is 22.6 Å². The van der Waals surface area contributed by atoms with Gasteiger partial charge in [0.15, 0.2) is 5.76 Å². The fraction of sp³-hybridized carbons (Fsp3) is 0.250. The van der Waals surface area contributed by atoms with Crippen molar-refractivity contribution in [3.8, 4) is 0 Å². The summed E-state index contributed by atoms with van der Waals surface area (Å²) in [5.74, 6) is -0.239. The van der Waals surface area contributed by atoms with Crippen LogP contribution >= 0.6 is 0 Å². The zero-order chi connectivity index (χ0) is 11.0. The molecule has 0 spiro atoms. The van der Waals surface area contributed by atoms with Gasteiger partial charge in [-0.15, -0.1) is 0 Å². The van der Waals surface area contributed by atoms with E-state index in [1.54, 1.807) is 0 Å². The van der Waals surface area contributed by atoms with Gasteiger partial charge in [-0.2, -0.15) is 0 Å². The molecule has 15 heavy (non-hydrogen) atoms. The predicted octanol–water partition coefficient (Wildman–Crippen LogP) is 2.40. The van der Waals surface area contributed by atoms with Crippen molar-refractivity contribution in [1.82, 2.24) is 0 Å². The quantitative estimate of drug-likeness (QED) is 0.814. The first-order valence-corrected chi connectivity index (χ1v) is 4.96. The van der Waals surface area contributed by atoms with Crippen molar-refractivity contribution in [2.24, 2.45) is 5.73 Å². The number of fused-ring (bicyclic) bond motifs is 1. The first-order valence-electron chi connectivity index (χ1n) is 4.96. The van der Waals surface area contributed by atoms with Crippen molar-refractivity contribution in [2.45, 2.75) is 20.3 Å². The molecule has 3 nitrogen and oxygen atoms in total. The standard InChI is InChI=1S/C12H13NO2/c1-3-8-5-4-6-9-10(8)7(2)11(15-9)12(13)14/h4-6H,3H2,1-2H3,(H2,13,14). The van der Waals surface area contributed by atoms with Crippen LogP contribution < -0.4 is 5.73 Å². The molecule has 78 valence electrons. The molecule has 0 atom stereocenters. The molecule has 0 fully saturated rings. The lowest BCUT2D eigenvalue weighted by molar-refractivity contribution is 0.0975. The summed E-state index contributed by atoms with van der Waals surface area (Å²) in [5.41, 5.74) is 8.00. The van der Waals surface area contributed by atoms with Crippen LogP contribution in [-0.4, -0.2) is 5.91 Å². The monoisotopic (exact) mass is 203 g/mol. The minimum Gasteiger partial charge on any atom is -0.451 e. The van der Waals surface area contributed by atoms with Crippen LogP contribution in [-0.2, 0) is 6.42 Å². The highest BCUT2D eigenvalue weighted by molar-refractivity contribution is 5.98. The summed E-state index contributed by atoms with van der Waals surface area (Å²) in [6.45, 7) is 3.94. The molecule has 1 amide bonds. The number of carbonyl (C=O) groups is 1. The van der Waals surface area contributed by atoms with Crippen LogP contribution in [0.2, 0.25) is 0 Å². The molecular formula is C12H13NO2. The van der Waals surface area contributed by atoms with E-state index in [2.05, 4.69) is 6.92 Å². The summed E-state index contributed by atoms with van der Waals surface area (Å²) < 4.78 is 5.43. The molecule has 3 heteroatoms. The number of nitrogens with two attached hydrogens (primary N) is 1. The number of primary amides is 1. The summed E-state index contributed by atoms with van der Waals surface area (Å²) in [7, 11) is 0.